The molecular formula is C9H6Cl3NO3. The number of carboxylic acid groups (broad SMARTS) is 1. The molecule has 4 nitrogen and oxygen atoms in total. The van der Waals surface area contributed by atoms with Crippen molar-refractivity contribution in [2.45, 2.75) is 3.79 Å². The standard InChI is InChI=1S/C9H6Cl3NO3/c10-9(11,12)8(16)13-6-3-1-5(2-4-6)7(14)15/h1-4H,(H,13,16)(H,14,15). The SMILES string of the molecule is O=C(O)c1ccc(NC(=O)C(Cl)(Cl)Cl)cc1. The molecule has 1 amide bonds. The number of nitrogens with one attached hydrogen (secondary N) is 1. The van der Waals surface area contributed by atoms with Gasteiger partial charge in [0.2, 0.25) is 0 Å². The molecule has 0 saturated heterocycles. The molecule has 0 aliphatic rings. The lowest BCUT2D eigenvalue weighted by atomic mass is 10.2. The number of carbonyl (C=O) groups is 2. The van der Waals surface area contributed by atoms with Gasteiger partial charge in [0.1, 0.15) is 0 Å². The van der Waals surface area contributed by atoms with Gasteiger partial charge in [-0.15, -0.1) is 0 Å². The molecule has 0 bridgehead atoms. The van der Waals surface area contributed by atoms with Crippen molar-refractivity contribution in [1.82, 2.24) is 0 Å². The maximum Gasteiger partial charge on any atom is 0.335 e. The highest BCUT2D eigenvalue weighted by atomic mass is 35.6. The van der Waals surface area contributed by atoms with Gasteiger partial charge in [-0.1, -0.05) is 34.8 Å². The van der Waals surface area contributed by atoms with Crippen molar-refractivity contribution < 1.29 is 14.7 Å². The number of amides is 1. The van der Waals surface area contributed by atoms with E-state index in [9.17, 15) is 9.59 Å². The fourth-order valence-corrected chi connectivity index (χ4v) is 1.04. The Morgan fingerprint density at radius 1 is 1.12 bits per heavy atom. The van der Waals surface area contributed by atoms with Crippen LogP contribution in [0.1, 0.15) is 10.4 Å². The van der Waals surface area contributed by atoms with Gasteiger partial charge in [0, 0.05) is 5.69 Å². The van der Waals surface area contributed by atoms with E-state index in [1.807, 2.05) is 0 Å². The van der Waals surface area contributed by atoms with Crippen molar-refractivity contribution in [2.75, 3.05) is 5.32 Å². The van der Waals surface area contributed by atoms with Crippen molar-refractivity contribution in [3.05, 3.63) is 29.8 Å². The van der Waals surface area contributed by atoms with Gasteiger partial charge in [0.05, 0.1) is 5.56 Å². The summed E-state index contributed by atoms with van der Waals surface area (Å²) in [7, 11) is 0. The Balaban J connectivity index is 2.77. The summed E-state index contributed by atoms with van der Waals surface area (Å²) in [6.07, 6.45) is 0. The maximum atomic E-state index is 11.2. The zero-order chi connectivity index (χ0) is 12.3. The normalized spacial score (nSPS) is 10.9. The third-order valence-electron chi connectivity index (χ3n) is 1.65. The van der Waals surface area contributed by atoms with Gasteiger partial charge in [-0.25, -0.2) is 4.79 Å². The minimum atomic E-state index is -2.05. The summed E-state index contributed by atoms with van der Waals surface area (Å²) in [5.74, 6) is -1.86. The van der Waals surface area contributed by atoms with Gasteiger partial charge in [-0.3, -0.25) is 4.79 Å². The summed E-state index contributed by atoms with van der Waals surface area (Å²) in [6, 6.07) is 5.46. The lowest BCUT2D eigenvalue weighted by Crippen LogP contribution is -2.26. The molecular weight excluding hydrogens is 276 g/mol. The minimum absolute atomic E-state index is 0.104. The Hall–Kier alpha value is -0.970. The lowest BCUT2D eigenvalue weighted by Gasteiger charge is -2.11. The summed E-state index contributed by atoms with van der Waals surface area (Å²) in [5, 5.41) is 11.0. The van der Waals surface area contributed by atoms with E-state index in [-0.39, 0.29) is 5.56 Å². The average molecular weight is 283 g/mol. The fraction of sp³-hybridized carbons (Fsp3) is 0.111. The van der Waals surface area contributed by atoms with Crippen molar-refractivity contribution in [1.29, 1.82) is 0 Å². The van der Waals surface area contributed by atoms with Crippen molar-refractivity contribution >= 4 is 52.4 Å². The third kappa shape index (κ3) is 3.56. The largest absolute Gasteiger partial charge is 0.478 e. The first kappa shape index (κ1) is 13.1. The number of carboxylic acids is 1. The van der Waals surface area contributed by atoms with E-state index < -0.39 is 15.7 Å². The Kier molecular flexibility index (Phi) is 4.02. The first-order valence-electron chi connectivity index (χ1n) is 4.02. The predicted molar refractivity (Wildman–Crippen MR) is 62.3 cm³/mol. The molecule has 1 rings (SSSR count). The number of anilines is 1. The molecule has 0 fully saturated rings. The van der Waals surface area contributed by atoms with Gasteiger partial charge in [0.25, 0.3) is 9.70 Å². The molecule has 0 aliphatic carbocycles. The van der Waals surface area contributed by atoms with Gasteiger partial charge in [-0.05, 0) is 24.3 Å². The molecule has 0 heterocycles. The van der Waals surface area contributed by atoms with Gasteiger partial charge >= 0.3 is 5.97 Å². The second-order valence-corrected chi connectivity index (χ2v) is 5.12. The predicted octanol–water partition coefficient (Wildman–Crippen LogP) is 2.69. The Labute approximate surface area is 106 Å². The van der Waals surface area contributed by atoms with E-state index in [2.05, 4.69) is 5.32 Å². The molecule has 2 N–H and O–H groups in total. The van der Waals surface area contributed by atoms with Crippen LogP contribution in [0.4, 0.5) is 5.69 Å². The number of carbonyl (C=O) groups excluding carboxylic acids is 1. The van der Waals surface area contributed by atoms with Crippen LogP contribution in [0.25, 0.3) is 0 Å². The number of hydrogen-bond donors (Lipinski definition) is 2. The van der Waals surface area contributed by atoms with Crippen molar-refractivity contribution in [3.63, 3.8) is 0 Å². The second kappa shape index (κ2) is 4.91. The van der Waals surface area contributed by atoms with E-state index in [4.69, 9.17) is 39.9 Å². The van der Waals surface area contributed by atoms with Crippen LogP contribution in [-0.4, -0.2) is 20.8 Å². The zero-order valence-electron chi connectivity index (χ0n) is 7.71. The minimum Gasteiger partial charge on any atom is -0.478 e. The number of rotatable bonds is 2. The van der Waals surface area contributed by atoms with E-state index in [0.717, 1.165) is 0 Å². The van der Waals surface area contributed by atoms with Crippen LogP contribution >= 0.6 is 34.8 Å². The van der Waals surface area contributed by atoms with Crippen LogP contribution in [-0.2, 0) is 4.79 Å². The fourth-order valence-electron chi connectivity index (χ4n) is 0.898. The number of alkyl halides is 3. The Morgan fingerprint density at radius 2 is 1.62 bits per heavy atom. The first-order valence-corrected chi connectivity index (χ1v) is 5.15. The Morgan fingerprint density at radius 3 is 2.00 bits per heavy atom. The highest BCUT2D eigenvalue weighted by Gasteiger charge is 2.30. The Bertz CT molecular complexity index is 411. The second-order valence-electron chi connectivity index (χ2n) is 2.83. The topological polar surface area (TPSA) is 66.4 Å². The summed E-state index contributed by atoms with van der Waals surface area (Å²) in [4.78, 5) is 21.8. The van der Waals surface area contributed by atoms with Gasteiger partial charge in [-0.2, -0.15) is 0 Å². The molecule has 0 aliphatic heterocycles. The molecule has 1 aromatic carbocycles. The molecule has 0 aromatic heterocycles. The number of hydrogen-bond acceptors (Lipinski definition) is 2. The molecule has 86 valence electrons. The van der Waals surface area contributed by atoms with E-state index >= 15 is 0 Å². The summed E-state index contributed by atoms with van der Waals surface area (Å²) in [6.45, 7) is 0. The van der Waals surface area contributed by atoms with Crippen LogP contribution in [0.3, 0.4) is 0 Å². The lowest BCUT2D eigenvalue weighted by molar-refractivity contribution is -0.115. The van der Waals surface area contributed by atoms with E-state index in [1.165, 1.54) is 24.3 Å². The van der Waals surface area contributed by atoms with Crippen LogP contribution in [0.2, 0.25) is 0 Å². The molecule has 0 unspecified atom stereocenters. The molecule has 0 atom stereocenters. The highest BCUT2D eigenvalue weighted by molar-refractivity contribution is 6.76. The van der Waals surface area contributed by atoms with Crippen LogP contribution < -0.4 is 5.32 Å². The van der Waals surface area contributed by atoms with Gasteiger partial charge in [0.15, 0.2) is 0 Å². The van der Waals surface area contributed by atoms with Gasteiger partial charge < -0.3 is 10.4 Å². The molecule has 1 aromatic rings. The van der Waals surface area contributed by atoms with E-state index in [1.54, 1.807) is 0 Å². The number of aromatic carboxylic acids is 1. The van der Waals surface area contributed by atoms with Crippen LogP contribution in [0.15, 0.2) is 24.3 Å². The van der Waals surface area contributed by atoms with Crippen LogP contribution in [0.5, 0.6) is 0 Å². The smallest absolute Gasteiger partial charge is 0.335 e. The quantitative estimate of drug-likeness (QED) is 0.820. The monoisotopic (exact) mass is 281 g/mol. The molecule has 0 radical (unpaired) electrons. The summed E-state index contributed by atoms with van der Waals surface area (Å²) >= 11 is 16.0. The van der Waals surface area contributed by atoms with E-state index in [0.29, 0.717) is 5.69 Å². The number of benzene rings is 1. The molecule has 0 saturated carbocycles. The summed E-state index contributed by atoms with van der Waals surface area (Å²) < 4.78 is -2.05. The average Bonchev–Trinajstić information content (AvgIpc) is 2.17. The van der Waals surface area contributed by atoms with Crippen molar-refractivity contribution in [3.8, 4) is 0 Å². The first-order chi connectivity index (χ1) is 7.30. The third-order valence-corrected chi connectivity index (χ3v) is 2.16. The molecule has 0 spiro atoms. The number of halogens is 3. The molecule has 7 heteroatoms. The highest BCUT2D eigenvalue weighted by Crippen LogP contribution is 2.27. The van der Waals surface area contributed by atoms with Crippen LogP contribution in [0, 0.1) is 0 Å². The summed E-state index contributed by atoms with van der Waals surface area (Å²) in [5.41, 5.74) is 0.452. The van der Waals surface area contributed by atoms with Crippen molar-refractivity contribution in [2.24, 2.45) is 0 Å². The zero-order valence-corrected chi connectivity index (χ0v) is 9.97. The maximum absolute atomic E-state index is 11.2. The molecule has 16 heavy (non-hydrogen) atoms.